The van der Waals surface area contributed by atoms with Crippen LogP contribution in [0.3, 0.4) is 0 Å². The molecule has 3 aromatic rings. The number of carbonyl (C=O) groups excluding carboxylic acids is 1. The molecule has 7 heteroatoms. The number of piperidine rings is 1. The Kier molecular flexibility index (Phi) is 6.54. The smallest absolute Gasteiger partial charge is 0.254 e. The Morgan fingerprint density at radius 1 is 1.00 bits per heavy atom. The summed E-state index contributed by atoms with van der Waals surface area (Å²) in [5.74, 6) is -0.0965. The number of rotatable bonds is 5. The van der Waals surface area contributed by atoms with Crippen molar-refractivity contribution in [2.24, 2.45) is 0 Å². The second-order valence-corrected chi connectivity index (χ2v) is 9.18. The topological polar surface area (TPSA) is 75.3 Å². The molecule has 1 amide bonds. The maximum absolute atomic E-state index is 13.9. The second-order valence-electron chi connectivity index (χ2n) is 9.18. The van der Waals surface area contributed by atoms with E-state index in [0.717, 1.165) is 66.8 Å². The molecule has 1 aromatic heterocycles. The van der Waals surface area contributed by atoms with Gasteiger partial charge in [-0.1, -0.05) is 30.3 Å². The highest BCUT2D eigenvalue weighted by molar-refractivity contribution is 5.96. The van der Waals surface area contributed by atoms with E-state index in [1.807, 2.05) is 23.1 Å². The van der Waals surface area contributed by atoms with E-state index in [4.69, 9.17) is 5.73 Å². The lowest BCUT2D eigenvalue weighted by atomic mass is 9.92. The molecule has 34 heavy (non-hydrogen) atoms. The third-order valence-electron chi connectivity index (χ3n) is 6.91. The number of halogens is 1. The van der Waals surface area contributed by atoms with Crippen LogP contribution >= 0.6 is 0 Å². The van der Waals surface area contributed by atoms with Gasteiger partial charge in [-0.25, -0.2) is 14.4 Å². The zero-order chi connectivity index (χ0) is 23.5. The molecule has 176 valence electrons. The molecule has 2 aromatic carbocycles. The zero-order valence-corrected chi connectivity index (χ0v) is 19.3. The lowest BCUT2D eigenvalue weighted by molar-refractivity contribution is 0.0604. The molecule has 3 heterocycles. The van der Waals surface area contributed by atoms with E-state index in [1.54, 1.807) is 18.3 Å². The van der Waals surface area contributed by atoms with Crippen molar-refractivity contribution >= 4 is 11.9 Å². The van der Waals surface area contributed by atoms with Crippen LogP contribution in [0.1, 0.15) is 59.8 Å². The Labute approximate surface area is 199 Å². The van der Waals surface area contributed by atoms with Crippen LogP contribution in [-0.2, 0) is 6.54 Å². The third-order valence-corrected chi connectivity index (χ3v) is 6.91. The zero-order valence-electron chi connectivity index (χ0n) is 19.3. The molecule has 2 aliphatic rings. The van der Waals surface area contributed by atoms with Crippen LogP contribution in [-0.4, -0.2) is 45.3 Å². The molecule has 0 unspecified atom stereocenters. The van der Waals surface area contributed by atoms with Gasteiger partial charge in [0.1, 0.15) is 5.82 Å². The molecule has 2 saturated heterocycles. The minimum Gasteiger partial charge on any atom is -0.368 e. The van der Waals surface area contributed by atoms with Crippen LogP contribution in [0.15, 0.2) is 54.7 Å². The van der Waals surface area contributed by atoms with Gasteiger partial charge in [0.2, 0.25) is 5.95 Å². The minimum absolute atomic E-state index is 0.0294. The van der Waals surface area contributed by atoms with Crippen LogP contribution in [0.2, 0.25) is 0 Å². The standard InChI is InChI=1S/C27H30FN5O/c28-21-12-10-19(11-13-21)23-17-30-27(29)31-25(23)24-9-3-4-16-33(24)26(34)22-8-2-1-7-20(22)18-32-14-5-6-15-32/h1-2,7-8,10-13,17,24H,3-6,9,14-16,18H2,(H2,29,30,31)/t24-/m1/s1. The molecule has 2 fully saturated rings. The largest absolute Gasteiger partial charge is 0.368 e. The highest BCUT2D eigenvalue weighted by atomic mass is 19.1. The molecule has 5 rings (SSSR count). The molecule has 0 radical (unpaired) electrons. The molecule has 0 aliphatic carbocycles. The van der Waals surface area contributed by atoms with Crippen LogP contribution in [0.25, 0.3) is 11.1 Å². The Morgan fingerprint density at radius 3 is 2.53 bits per heavy atom. The summed E-state index contributed by atoms with van der Waals surface area (Å²) in [6.45, 7) is 3.61. The Bertz CT molecular complexity index is 1160. The number of aromatic nitrogens is 2. The van der Waals surface area contributed by atoms with Crippen molar-refractivity contribution in [1.82, 2.24) is 19.8 Å². The summed E-state index contributed by atoms with van der Waals surface area (Å²) in [7, 11) is 0. The summed E-state index contributed by atoms with van der Waals surface area (Å²) in [5.41, 5.74) is 10.1. The quantitative estimate of drug-likeness (QED) is 0.592. The van der Waals surface area contributed by atoms with Gasteiger partial charge < -0.3 is 10.6 Å². The summed E-state index contributed by atoms with van der Waals surface area (Å²) >= 11 is 0. The summed E-state index contributed by atoms with van der Waals surface area (Å²) in [4.78, 5) is 27.1. The van der Waals surface area contributed by atoms with Crippen molar-refractivity contribution in [2.45, 2.75) is 44.7 Å². The summed E-state index contributed by atoms with van der Waals surface area (Å²) < 4.78 is 13.6. The molecular formula is C27H30FN5O. The number of carbonyl (C=O) groups is 1. The monoisotopic (exact) mass is 459 g/mol. The lowest BCUT2D eigenvalue weighted by Gasteiger charge is -2.37. The first kappa shape index (κ1) is 22.5. The Balaban J connectivity index is 1.50. The number of nitrogens with zero attached hydrogens (tertiary/aromatic N) is 4. The van der Waals surface area contributed by atoms with Crippen LogP contribution in [0.4, 0.5) is 10.3 Å². The van der Waals surface area contributed by atoms with E-state index in [9.17, 15) is 9.18 Å². The van der Waals surface area contributed by atoms with Crippen molar-refractivity contribution in [1.29, 1.82) is 0 Å². The van der Waals surface area contributed by atoms with Crippen molar-refractivity contribution in [3.8, 4) is 11.1 Å². The first-order valence-electron chi connectivity index (χ1n) is 12.1. The molecule has 0 spiro atoms. The summed E-state index contributed by atoms with van der Waals surface area (Å²) in [6.07, 6.45) is 6.85. The highest BCUT2D eigenvalue weighted by Crippen LogP contribution is 2.37. The number of nitrogens with two attached hydrogens (primary N) is 1. The number of amides is 1. The van der Waals surface area contributed by atoms with E-state index in [-0.39, 0.29) is 23.7 Å². The van der Waals surface area contributed by atoms with E-state index in [2.05, 4.69) is 20.9 Å². The van der Waals surface area contributed by atoms with E-state index < -0.39 is 0 Å². The van der Waals surface area contributed by atoms with Crippen LogP contribution in [0.5, 0.6) is 0 Å². The molecule has 0 saturated carbocycles. The van der Waals surface area contributed by atoms with E-state index in [0.29, 0.717) is 6.54 Å². The normalized spacial score (nSPS) is 18.9. The fourth-order valence-corrected chi connectivity index (χ4v) is 5.18. The van der Waals surface area contributed by atoms with Gasteiger partial charge in [-0.2, -0.15) is 0 Å². The predicted molar refractivity (Wildman–Crippen MR) is 130 cm³/mol. The van der Waals surface area contributed by atoms with Crippen molar-refractivity contribution < 1.29 is 9.18 Å². The van der Waals surface area contributed by atoms with Crippen molar-refractivity contribution in [3.63, 3.8) is 0 Å². The number of nitrogen functional groups attached to an aromatic ring is 1. The number of anilines is 1. The second kappa shape index (κ2) is 9.89. The Hall–Kier alpha value is -3.32. The van der Waals surface area contributed by atoms with Gasteiger partial charge in [0.25, 0.3) is 5.91 Å². The Morgan fingerprint density at radius 2 is 1.74 bits per heavy atom. The fourth-order valence-electron chi connectivity index (χ4n) is 5.18. The molecule has 1 atom stereocenters. The van der Waals surface area contributed by atoms with Gasteiger partial charge in [-0.3, -0.25) is 9.69 Å². The van der Waals surface area contributed by atoms with Gasteiger partial charge in [0, 0.05) is 30.4 Å². The van der Waals surface area contributed by atoms with Crippen LogP contribution < -0.4 is 5.73 Å². The average Bonchev–Trinajstić information content (AvgIpc) is 3.38. The maximum atomic E-state index is 13.9. The molecule has 0 bridgehead atoms. The van der Waals surface area contributed by atoms with E-state index >= 15 is 0 Å². The average molecular weight is 460 g/mol. The highest BCUT2D eigenvalue weighted by Gasteiger charge is 2.33. The third kappa shape index (κ3) is 4.66. The van der Waals surface area contributed by atoms with Gasteiger partial charge in [0.15, 0.2) is 0 Å². The molecule has 2 aliphatic heterocycles. The number of hydrogen-bond acceptors (Lipinski definition) is 5. The fraction of sp³-hybridized carbons (Fsp3) is 0.370. The van der Waals surface area contributed by atoms with Gasteiger partial charge in [-0.05, 0) is 74.5 Å². The molecule has 6 nitrogen and oxygen atoms in total. The van der Waals surface area contributed by atoms with Crippen molar-refractivity contribution in [3.05, 3.63) is 77.4 Å². The first-order valence-corrected chi connectivity index (χ1v) is 12.1. The number of likely N-dealkylation sites (tertiary alicyclic amines) is 2. The lowest BCUT2D eigenvalue weighted by Crippen LogP contribution is -2.40. The molecular weight excluding hydrogens is 429 g/mol. The maximum Gasteiger partial charge on any atom is 0.254 e. The van der Waals surface area contributed by atoms with Gasteiger partial charge in [0.05, 0.1) is 11.7 Å². The van der Waals surface area contributed by atoms with Crippen molar-refractivity contribution in [2.75, 3.05) is 25.4 Å². The van der Waals surface area contributed by atoms with Gasteiger partial charge in [-0.15, -0.1) is 0 Å². The minimum atomic E-state index is -0.300. The predicted octanol–water partition coefficient (Wildman–Crippen LogP) is 4.83. The van der Waals surface area contributed by atoms with Gasteiger partial charge >= 0.3 is 0 Å². The number of benzene rings is 2. The summed E-state index contributed by atoms with van der Waals surface area (Å²) in [6, 6.07) is 14.0. The number of hydrogen-bond donors (Lipinski definition) is 1. The summed E-state index contributed by atoms with van der Waals surface area (Å²) in [5, 5.41) is 0. The molecule has 2 N–H and O–H groups in total. The van der Waals surface area contributed by atoms with E-state index in [1.165, 1.54) is 25.0 Å². The van der Waals surface area contributed by atoms with Crippen LogP contribution in [0, 0.1) is 5.82 Å². The first-order chi connectivity index (χ1) is 16.6. The SMILES string of the molecule is Nc1ncc(-c2ccc(F)cc2)c([C@H]2CCCCN2C(=O)c2ccccc2CN2CCCC2)n1.